The lowest BCUT2D eigenvalue weighted by molar-refractivity contribution is -0.131. The first-order valence-electron chi connectivity index (χ1n) is 10.6. The Hall–Kier alpha value is -3.34. The van der Waals surface area contributed by atoms with Gasteiger partial charge in [0, 0.05) is 12.2 Å². The summed E-state index contributed by atoms with van der Waals surface area (Å²) < 4.78 is 10.7. The fourth-order valence-electron chi connectivity index (χ4n) is 4.30. The Morgan fingerprint density at radius 3 is 2.52 bits per heavy atom. The second kappa shape index (κ2) is 9.21. The van der Waals surface area contributed by atoms with E-state index < -0.39 is 0 Å². The molecule has 2 heterocycles. The molecule has 3 aromatic rings. The van der Waals surface area contributed by atoms with Crippen LogP contribution in [0, 0.1) is 6.92 Å². The number of carbonyl (C=O) groups excluding carboxylic acids is 1. The zero-order valence-electron chi connectivity index (χ0n) is 18.3. The zero-order valence-corrected chi connectivity index (χ0v) is 18.3. The number of aromatic nitrogens is 1. The summed E-state index contributed by atoms with van der Waals surface area (Å²) in [6.45, 7) is 2.77. The van der Waals surface area contributed by atoms with Crippen molar-refractivity contribution in [2.45, 2.75) is 32.2 Å². The Labute approximate surface area is 183 Å². The average molecular weight is 417 g/mol. The molecule has 1 saturated heterocycles. The van der Waals surface area contributed by atoms with E-state index in [1.807, 2.05) is 48.2 Å². The lowest BCUT2D eigenvalue weighted by atomic mass is 10.0. The summed E-state index contributed by atoms with van der Waals surface area (Å²) in [5, 5.41) is 0. The molecule has 5 nitrogen and oxygen atoms in total. The van der Waals surface area contributed by atoms with Gasteiger partial charge in [0.05, 0.1) is 32.4 Å². The molecule has 5 heteroatoms. The average Bonchev–Trinajstić information content (AvgIpc) is 3.29. The molecular formula is C26H28N2O3. The van der Waals surface area contributed by atoms with E-state index in [0.717, 1.165) is 47.5 Å². The summed E-state index contributed by atoms with van der Waals surface area (Å²) in [7, 11) is 3.21. The topological polar surface area (TPSA) is 51.7 Å². The summed E-state index contributed by atoms with van der Waals surface area (Å²) in [6, 6.07) is 20.2. The van der Waals surface area contributed by atoms with Crippen molar-refractivity contribution in [1.82, 2.24) is 9.88 Å². The predicted molar refractivity (Wildman–Crippen MR) is 121 cm³/mol. The summed E-state index contributed by atoms with van der Waals surface area (Å²) >= 11 is 0. The third kappa shape index (κ3) is 4.55. The van der Waals surface area contributed by atoms with Crippen molar-refractivity contribution in [1.29, 1.82) is 0 Å². The number of likely N-dealkylation sites (tertiary alicyclic amines) is 1. The second-order valence-corrected chi connectivity index (χ2v) is 7.90. The summed E-state index contributed by atoms with van der Waals surface area (Å²) in [5.74, 6) is 1.41. The normalized spacial score (nSPS) is 15.7. The van der Waals surface area contributed by atoms with Crippen LogP contribution in [0.2, 0.25) is 0 Å². The first-order valence-corrected chi connectivity index (χ1v) is 10.6. The Bertz CT molecular complexity index is 1070. The van der Waals surface area contributed by atoms with Gasteiger partial charge in [-0.25, -0.2) is 0 Å². The van der Waals surface area contributed by atoms with E-state index in [2.05, 4.69) is 24.3 Å². The van der Waals surface area contributed by atoms with Crippen molar-refractivity contribution in [3.8, 4) is 22.6 Å². The molecule has 0 bridgehead atoms. The highest BCUT2D eigenvalue weighted by Crippen LogP contribution is 2.34. The van der Waals surface area contributed by atoms with Gasteiger partial charge < -0.3 is 14.4 Å². The highest BCUT2D eigenvalue weighted by molar-refractivity contribution is 5.80. The minimum atomic E-state index is 0.00926. The van der Waals surface area contributed by atoms with Crippen LogP contribution in [0.15, 0.2) is 60.7 Å². The number of nitrogens with zero attached hydrogens (tertiary/aromatic N) is 2. The SMILES string of the molecule is COc1ccc(CC(=O)N2CCC[C@@H]2c2cc(-c3ccccc3)cc(C)n2)cc1OC. The number of pyridine rings is 1. The number of hydrogen-bond acceptors (Lipinski definition) is 4. The van der Waals surface area contributed by atoms with Gasteiger partial charge in [0.15, 0.2) is 11.5 Å². The maximum Gasteiger partial charge on any atom is 0.227 e. The van der Waals surface area contributed by atoms with Crippen LogP contribution in [-0.2, 0) is 11.2 Å². The smallest absolute Gasteiger partial charge is 0.227 e. The van der Waals surface area contributed by atoms with Crippen molar-refractivity contribution in [2.75, 3.05) is 20.8 Å². The molecule has 0 aliphatic carbocycles. The molecule has 0 N–H and O–H groups in total. The van der Waals surface area contributed by atoms with Crippen LogP contribution in [0.4, 0.5) is 0 Å². The van der Waals surface area contributed by atoms with Crippen molar-refractivity contribution in [3.63, 3.8) is 0 Å². The Morgan fingerprint density at radius 2 is 1.77 bits per heavy atom. The Morgan fingerprint density at radius 1 is 1.00 bits per heavy atom. The molecule has 4 rings (SSSR count). The van der Waals surface area contributed by atoms with Crippen LogP contribution < -0.4 is 9.47 Å². The molecule has 1 atom stereocenters. The molecule has 2 aromatic carbocycles. The molecule has 1 aliphatic rings. The molecule has 0 unspecified atom stereocenters. The van der Waals surface area contributed by atoms with E-state index in [1.54, 1.807) is 14.2 Å². The standard InChI is InChI=1S/C26H28N2O3/c1-18-14-21(20-8-5-4-6-9-20)17-22(27-18)23-10-7-13-28(23)26(29)16-19-11-12-24(30-2)25(15-19)31-3/h4-6,8-9,11-12,14-15,17,23H,7,10,13,16H2,1-3H3/t23-/m1/s1. The van der Waals surface area contributed by atoms with Gasteiger partial charge in [-0.1, -0.05) is 36.4 Å². The number of hydrogen-bond donors (Lipinski definition) is 0. The molecule has 1 aliphatic heterocycles. The maximum atomic E-state index is 13.2. The zero-order chi connectivity index (χ0) is 21.8. The number of rotatable bonds is 6. The highest BCUT2D eigenvalue weighted by Gasteiger charge is 2.31. The number of aryl methyl sites for hydroxylation is 1. The third-order valence-electron chi connectivity index (χ3n) is 5.80. The molecular weight excluding hydrogens is 388 g/mol. The van der Waals surface area contributed by atoms with E-state index in [-0.39, 0.29) is 11.9 Å². The van der Waals surface area contributed by atoms with Gasteiger partial charge in [0.2, 0.25) is 5.91 Å². The molecule has 1 fully saturated rings. The van der Waals surface area contributed by atoms with Crippen LogP contribution >= 0.6 is 0 Å². The second-order valence-electron chi connectivity index (χ2n) is 7.90. The highest BCUT2D eigenvalue weighted by atomic mass is 16.5. The molecule has 0 spiro atoms. The lowest BCUT2D eigenvalue weighted by Gasteiger charge is -2.25. The van der Waals surface area contributed by atoms with Crippen LogP contribution in [0.5, 0.6) is 11.5 Å². The van der Waals surface area contributed by atoms with Gasteiger partial charge in [0.25, 0.3) is 0 Å². The van der Waals surface area contributed by atoms with Gasteiger partial charge in [-0.3, -0.25) is 9.78 Å². The van der Waals surface area contributed by atoms with Crippen molar-refractivity contribution in [3.05, 3.63) is 77.6 Å². The number of amides is 1. The quantitative estimate of drug-likeness (QED) is 0.569. The van der Waals surface area contributed by atoms with Gasteiger partial charge in [-0.2, -0.15) is 0 Å². The Kier molecular flexibility index (Phi) is 6.21. The van der Waals surface area contributed by atoms with E-state index in [9.17, 15) is 4.79 Å². The molecule has 31 heavy (non-hydrogen) atoms. The first kappa shape index (κ1) is 20.9. The first-order chi connectivity index (χ1) is 15.1. The largest absolute Gasteiger partial charge is 0.493 e. The van der Waals surface area contributed by atoms with Gasteiger partial charge in [0.1, 0.15) is 0 Å². The van der Waals surface area contributed by atoms with Crippen LogP contribution in [0.3, 0.4) is 0 Å². The minimum Gasteiger partial charge on any atom is -0.493 e. The van der Waals surface area contributed by atoms with Crippen LogP contribution in [-0.4, -0.2) is 36.6 Å². The van der Waals surface area contributed by atoms with Gasteiger partial charge in [-0.15, -0.1) is 0 Å². The van der Waals surface area contributed by atoms with Crippen molar-refractivity contribution >= 4 is 5.91 Å². The fraction of sp³-hybridized carbons (Fsp3) is 0.308. The summed E-state index contributed by atoms with van der Waals surface area (Å²) in [6.07, 6.45) is 2.25. The molecule has 0 radical (unpaired) electrons. The van der Waals surface area contributed by atoms with Gasteiger partial charge >= 0.3 is 0 Å². The molecule has 1 aromatic heterocycles. The molecule has 0 saturated carbocycles. The van der Waals surface area contributed by atoms with E-state index in [1.165, 1.54) is 0 Å². The van der Waals surface area contributed by atoms with Gasteiger partial charge in [-0.05, 0) is 60.7 Å². The van der Waals surface area contributed by atoms with Crippen LogP contribution in [0.25, 0.3) is 11.1 Å². The maximum absolute atomic E-state index is 13.2. The lowest BCUT2D eigenvalue weighted by Crippen LogP contribution is -2.32. The summed E-state index contributed by atoms with van der Waals surface area (Å²) in [5.41, 5.74) is 5.15. The molecule has 160 valence electrons. The van der Waals surface area contributed by atoms with Crippen LogP contribution in [0.1, 0.15) is 35.8 Å². The third-order valence-corrected chi connectivity index (χ3v) is 5.80. The number of carbonyl (C=O) groups is 1. The van der Waals surface area contributed by atoms with E-state index in [0.29, 0.717) is 17.9 Å². The number of methoxy groups -OCH3 is 2. The monoisotopic (exact) mass is 416 g/mol. The summed E-state index contributed by atoms with van der Waals surface area (Å²) in [4.78, 5) is 20.0. The number of ether oxygens (including phenoxy) is 2. The Balaban J connectivity index is 1.57. The molecule has 1 amide bonds. The van der Waals surface area contributed by atoms with E-state index >= 15 is 0 Å². The van der Waals surface area contributed by atoms with E-state index in [4.69, 9.17) is 14.5 Å². The minimum absolute atomic E-state index is 0.00926. The fourth-order valence-corrected chi connectivity index (χ4v) is 4.30. The number of benzene rings is 2. The van der Waals surface area contributed by atoms with Crippen molar-refractivity contribution < 1.29 is 14.3 Å². The predicted octanol–water partition coefficient (Wildman–Crippen LogP) is 4.98. The van der Waals surface area contributed by atoms with Crippen molar-refractivity contribution in [2.24, 2.45) is 0 Å².